The Morgan fingerprint density at radius 1 is 0.969 bits per heavy atom. The van der Waals surface area contributed by atoms with Gasteiger partial charge in [0.05, 0.1) is 22.7 Å². The average molecular weight is 485 g/mol. The predicted molar refractivity (Wildman–Crippen MR) is 119 cm³/mol. The summed E-state index contributed by atoms with van der Waals surface area (Å²) in [6.45, 7) is 1.31. The molecule has 32 heavy (non-hydrogen) atoms. The summed E-state index contributed by atoms with van der Waals surface area (Å²) in [5.74, 6) is 0.355. The van der Waals surface area contributed by atoms with Crippen LogP contribution in [0.5, 0.6) is 5.75 Å². The number of non-ortho nitro benzene ring substituents is 1. The number of piperazine rings is 1. The van der Waals surface area contributed by atoms with Gasteiger partial charge < -0.3 is 9.64 Å². The quantitative estimate of drug-likeness (QED) is 0.411. The molecule has 0 spiro atoms. The van der Waals surface area contributed by atoms with Crippen molar-refractivity contribution in [2.75, 3.05) is 50.5 Å². The molecule has 0 amide bonds. The normalized spacial score (nSPS) is 15.5. The molecule has 11 nitrogen and oxygen atoms in total. The summed E-state index contributed by atoms with van der Waals surface area (Å²) in [5, 5.41) is 10.7. The number of nitro benzene ring substituents is 1. The highest BCUT2D eigenvalue weighted by molar-refractivity contribution is 7.90. The molecule has 0 atom stereocenters. The maximum Gasteiger partial charge on any atom is 0.269 e. The highest BCUT2D eigenvalue weighted by atomic mass is 32.2. The standard InChI is InChI=1S/C19H24N4O7S2/c1-30-18-6-2-16(3-7-18)21-11-13-22(14-12-21)31(26,27)15-10-20-32(28,29)19-8-4-17(5-9-19)23(24)25/h2-9,20H,10-15H2,1H3. The Hall–Kier alpha value is -2.74. The van der Waals surface area contributed by atoms with Gasteiger partial charge in [0.25, 0.3) is 5.69 Å². The van der Waals surface area contributed by atoms with Gasteiger partial charge in [0.15, 0.2) is 0 Å². The number of benzene rings is 2. The topological polar surface area (TPSA) is 139 Å². The minimum absolute atomic E-state index is 0.173. The molecule has 0 saturated carbocycles. The fraction of sp³-hybridized carbons (Fsp3) is 0.368. The van der Waals surface area contributed by atoms with Crippen molar-refractivity contribution >= 4 is 31.4 Å². The molecule has 2 aromatic rings. The Morgan fingerprint density at radius 2 is 1.56 bits per heavy atom. The second kappa shape index (κ2) is 9.81. The lowest BCUT2D eigenvalue weighted by Crippen LogP contribution is -2.50. The number of anilines is 1. The highest BCUT2D eigenvalue weighted by Crippen LogP contribution is 2.21. The van der Waals surface area contributed by atoms with E-state index in [0.717, 1.165) is 35.7 Å². The molecule has 174 valence electrons. The molecular formula is C19H24N4O7S2. The summed E-state index contributed by atoms with van der Waals surface area (Å²) in [6.07, 6.45) is 0. The first-order valence-corrected chi connectivity index (χ1v) is 12.8. The average Bonchev–Trinajstić information content (AvgIpc) is 2.79. The number of nitrogens with zero attached hydrogens (tertiary/aromatic N) is 3. The highest BCUT2D eigenvalue weighted by Gasteiger charge is 2.27. The van der Waals surface area contributed by atoms with E-state index in [1.54, 1.807) is 7.11 Å². The van der Waals surface area contributed by atoms with Gasteiger partial charge in [-0.05, 0) is 36.4 Å². The molecule has 1 aliphatic heterocycles. The van der Waals surface area contributed by atoms with E-state index in [2.05, 4.69) is 9.62 Å². The number of rotatable bonds is 9. The molecule has 0 bridgehead atoms. The van der Waals surface area contributed by atoms with Crippen molar-refractivity contribution in [3.8, 4) is 5.75 Å². The first-order valence-electron chi connectivity index (χ1n) is 9.73. The number of methoxy groups -OCH3 is 1. The minimum atomic E-state index is -3.98. The summed E-state index contributed by atoms with van der Waals surface area (Å²) in [6, 6.07) is 11.9. The molecule has 0 aliphatic carbocycles. The van der Waals surface area contributed by atoms with E-state index in [1.807, 2.05) is 24.3 Å². The van der Waals surface area contributed by atoms with Crippen LogP contribution in [0.1, 0.15) is 0 Å². The third-order valence-corrected chi connectivity index (χ3v) is 8.43. The van der Waals surface area contributed by atoms with E-state index in [1.165, 1.54) is 4.31 Å². The zero-order valence-electron chi connectivity index (χ0n) is 17.4. The lowest BCUT2D eigenvalue weighted by molar-refractivity contribution is -0.384. The van der Waals surface area contributed by atoms with Crippen LogP contribution in [-0.4, -0.2) is 71.7 Å². The summed E-state index contributed by atoms with van der Waals surface area (Å²) in [5.41, 5.74) is 0.735. The van der Waals surface area contributed by atoms with E-state index < -0.39 is 25.0 Å². The maximum absolute atomic E-state index is 12.6. The van der Waals surface area contributed by atoms with E-state index >= 15 is 0 Å². The van der Waals surface area contributed by atoms with Gasteiger partial charge in [-0.15, -0.1) is 0 Å². The molecule has 1 N–H and O–H groups in total. The van der Waals surface area contributed by atoms with Crippen LogP contribution in [0.4, 0.5) is 11.4 Å². The van der Waals surface area contributed by atoms with E-state index in [4.69, 9.17) is 4.74 Å². The molecule has 1 heterocycles. The second-order valence-corrected chi connectivity index (χ2v) is 10.9. The van der Waals surface area contributed by atoms with Crippen LogP contribution >= 0.6 is 0 Å². The predicted octanol–water partition coefficient (Wildman–Crippen LogP) is 1.03. The molecule has 0 unspecified atom stereocenters. The molecule has 1 saturated heterocycles. The number of ether oxygens (including phenoxy) is 1. The van der Waals surface area contributed by atoms with Crippen molar-refractivity contribution in [1.82, 2.24) is 9.03 Å². The van der Waals surface area contributed by atoms with Gasteiger partial charge in [0, 0.05) is 50.5 Å². The van der Waals surface area contributed by atoms with Crippen molar-refractivity contribution in [1.29, 1.82) is 0 Å². The Balaban J connectivity index is 1.52. The van der Waals surface area contributed by atoms with E-state index in [0.29, 0.717) is 26.2 Å². The van der Waals surface area contributed by atoms with Crippen LogP contribution in [0.15, 0.2) is 53.4 Å². The molecule has 0 radical (unpaired) electrons. The van der Waals surface area contributed by atoms with Crippen molar-refractivity contribution < 1.29 is 26.5 Å². The first kappa shape index (κ1) is 23.9. The van der Waals surface area contributed by atoms with Crippen molar-refractivity contribution in [3.63, 3.8) is 0 Å². The van der Waals surface area contributed by atoms with Crippen LogP contribution in [0.2, 0.25) is 0 Å². The van der Waals surface area contributed by atoms with Gasteiger partial charge in [0.1, 0.15) is 5.75 Å². The summed E-state index contributed by atoms with van der Waals surface area (Å²) < 4.78 is 58.6. The van der Waals surface area contributed by atoms with Gasteiger partial charge >= 0.3 is 0 Å². The monoisotopic (exact) mass is 484 g/mol. The van der Waals surface area contributed by atoms with Gasteiger partial charge in [0.2, 0.25) is 20.0 Å². The minimum Gasteiger partial charge on any atom is -0.497 e. The van der Waals surface area contributed by atoms with Gasteiger partial charge in [-0.1, -0.05) is 0 Å². The van der Waals surface area contributed by atoms with Gasteiger partial charge in [-0.3, -0.25) is 10.1 Å². The zero-order chi connectivity index (χ0) is 23.4. The Bertz CT molecular complexity index is 1140. The molecular weight excluding hydrogens is 460 g/mol. The summed E-state index contributed by atoms with van der Waals surface area (Å²) in [7, 11) is -6.04. The van der Waals surface area contributed by atoms with Crippen LogP contribution in [0.25, 0.3) is 0 Å². The number of hydrogen-bond acceptors (Lipinski definition) is 8. The fourth-order valence-corrected chi connectivity index (χ4v) is 5.78. The van der Waals surface area contributed by atoms with Crippen LogP contribution in [0.3, 0.4) is 0 Å². The van der Waals surface area contributed by atoms with Crippen molar-refractivity contribution in [2.45, 2.75) is 4.90 Å². The Labute approximate surface area is 186 Å². The lowest BCUT2D eigenvalue weighted by atomic mass is 10.2. The molecule has 2 aromatic carbocycles. The van der Waals surface area contributed by atoms with Crippen LogP contribution < -0.4 is 14.4 Å². The molecule has 0 aromatic heterocycles. The molecule has 1 fully saturated rings. The summed E-state index contributed by atoms with van der Waals surface area (Å²) >= 11 is 0. The summed E-state index contributed by atoms with van der Waals surface area (Å²) in [4.78, 5) is 11.9. The Kier molecular flexibility index (Phi) is 7.33. The van der Waals surface area contributed by atoms with E-state index in [-0.39, 0.29) is 22.9 Å². The molecule has 3 rings (SSSR count). The number of sulfonamides is 2. The smallest absolute Gasteiger partial charge is 0.269 e. The molecule has 1 aliphatic rings. The fourth-order valence-electron chi connectivity index (χ4n) is 3.28. The SMILES string of the molecule is COc1ccc(N2CCN(S(=O)(=O)CCNS(=O)(=O)c3ccc([N+](=O)[O-])cc3)CC2)cc1. The first-order chi connectivity index (χ1) is 15.1. The zero-order valence-corrected chi connectivity index (χ0v) is 19.0. The van der Waals surface area contributed by atoms with Crippen molar-refractivity contribution in [3.05, 3.63) is 58.6 Å². The van der Waals surface area contributed by atoms with Crippen LogP contribution in [-0.2, 0) is 20.0 Å². The number of hydrogen-bond donors (Lipinski definition) is 1. The largest absolute Gasteiger partial charge is 0.497 e. The van der Waals surface area contributed by atoms with Gasteiger partial charge in [-0.25, -0.2) is 21.6 Å². The van der Waals surface area contributed by atoms with Crippen LogP contribution in [0, 0.1) is 10.1 Å². The Morgan fingerprint density at radius 3 is 2.09 bits per heavy atom. The maximum atomic E-state index is 12.6. The van der Waals surface area contributed by atoms with Gasteiger partial charge in [-0.2, -0.15) is 4.31 Å². The second-order valence-electron chi connectivity index (χ2n) is 7.05. The lowest BCUT2D eigenvalue weighted by Gasteiger charge is -2.35. The number of nitro groups is 1. The molecule has 13 heteroatoms. The van der Waals surface area contributed by atoms with Crippen molar-refractivity contribution in [2.24, 2.45) is 0 Å². The third kappa shape index (κ3) is 5.73. The number of nitrogens with one attached hydrogen (secondary N) is 1. The third-order valence-electron chi connectivity index (χ3n) is 5.08. The van der Waals surface area contributed by atoms with E-state index in [9.17, 15) is 26.9 Å².